The van der Waals surface area contributed by atoms with Gasteiger partial charge in [-0.1, -0.05) is 43.2 Å². The predicted octanol–water partition coefficient (Wildman–Crippen LogP) is 3.42. The minimum atomic E-state index is 0.844. The van der Waals surface area contributed by atoms with Crippen LogP contribution in [0.5, 0.6) is 0 Å². The lowest BCUT2D eigenvalue weighted by atomic mass is 10.1. The molecule has 1 aromatic carbocycles. The molecule has 0 bridgehead atoms. The summed E-state index contributed by atoms with van der Waals surface area (Å²) in [5.41, 5.74) is 3.76. The Morgan fingerprint density at radius 2 is 1.86 bits per heavy atom. The van der Waals surface area contributed by atoms with E-state index in [4.69, 9.17) is 0 Å². The molecular weight excluding hydrogens is 260 g/mol. The van der Waals surface area contributed by atoms with Gasteiger partial charge >= 0.3 is 0 Å². The monoisotopic (exact) mass is 284 g/mol. The second-order valence-corrected chi connectivity index (χ2v) is 5.37. The van der Waals surface area contributed by atoms with Gasteiger partial charge in [0.1, 0.15) is 18.0 Å². The molecule has 0 spiro atoms. The largest absolute Gasteiger partial charge is 0.373 e. The molecule has 0 saturated carbocycles. The van der Waals surface area contributed by atoms with E-state index in [9.17, 15) is 0 Å². The van der Waals surface area contributed by atoms with Gasteiger partial charge in [-0.2, -0.15) is 0 Å². The highest BCUT2D eigenvalue weighted by atomic mass is 15.2. The highest BCUT2D eigenvalue weighted by Gasteiger charge is 2.13. The predicted molar refractivity (Wildman–Crippen MR) is 88.9 cm³/mol. The van der Waals surface area contributed by atoms with Crippen LogP contribution < -0.4 is 10.2 Å². The maximum atomic E-state index is 4.49. The van der Waals surface area contributed by atoms with Crippen molar-refractivity contribution in [3.05, 3.63) is 47.3 Å². The molecule has 2 rings (SSSR count). The first-order valence-corrected chi connectivity index (χ1v) is 7.44. The number of aryl methyl sites for hydroxylation is 1. The van der Waals surface area contributed by atoms with Crippen LogP contribution in [0.3, 0.4) is 0 Å². The number of benzene rings is 1. The van der Waals surface area contributed by atoms with E-state index in [1.165, 1.54) is 16.7 Å². The smallest absolute Gasteiger partial charge is 0.137 e. The Hall–Kier alpha value is -2.10. The zero-order valence-corrected chi connectivity index (χ0v) is 13.3. The first-order valence-electron chi connectivity index (χ1n) is 7.44. The van der Waals surface area contributed by atoms with E-state index in [0.717, 1.165) is 31.0 Å². The Morgan fingerprint density at radius 1 is 1.14 bits per heavy atom. The van der Waals surface area contributed by atoms with Crippen molar-refractivity contribution in [2.24, 2.45) is 0 Å². The van der Waals surface area contributed by atoms with E-state index < -0.39 is 0 Å². The topological polar surface area (TPSA) is 41.1 Å². The van der Waals surface area contributed by atoms with E-state index >= 15 is 0 Å². The molecule has 0 saturated heterocycles. The maximum absolute atomic E-state index is 4.49. The molecule has 0 fully saturated rings. The molecule has 1 aromatic heterocycles. The minimum absolute atomic E-state index is 0.844. The quantitative estimate of drug-likeness (QED) is 0.882. The Labute approximate surface area is 127 Å². The van der Waals surface area contributed by atoms with Crippen LogP contribution in [0.25, 0.3) is 0 Å². The Kier molecular flexibility index (Phi) is 5.14. The molecule has 0 unspecified atom stereocenters. The number of anilines is 2. The molecule has 4 nitrogen and oxygen atoms in total. The Balaban J connectivity index is 2.25. The van der Waals surface area contributed by atoms with Crippen LogP contribution in [0.15, 0.2) is 30.6 Å². The molecule has 0 radical (unpaired) electrons. The molecule has 0 aliphatic carbocycles. The molecule has 0 amide bonds. The zero-order valence-electron chi connectivity index (χ0n) is 13.3. The van der Waals surface area contributed by atoms with Crippen LogP contribution in [-0.2, 0) is 13.0 Å². The fourth-order valence-electron chi connectivity index (χ4n) is 2.47. The van der Waals surface area contributed by atoms with Gasteiger partial charge in [0, 0.05) is 26.2 Å². The summed E-state index contributed by atoms with van der Waals surface area (Å²) in [6.45, 7) is 5.13. The average Bonchev–Trinajstić information content (AvgIpc) is 2.50. The van der Waals surface area contributed by atoms with Gasteiger partial charge in [-0.3, -0.25) is 0 Å². The van der Waals surface area contributed by atoms with E-state index in [2.05, 4.69) is 65.3 Å². The zero-order chi connectivity index (χ0) is 15.2. The first-order chi connectivity index (χ1) is 10.2. The molecule has 0 atom stereocenters. The van der Waals surface area contributed by atoms with Crippen LogP contribution >= 0.6 is 0 Å². The molecule has 112 valence electrons. The summed E-state index contributed by atoms with van der Waals surface area (Å²) in [7, 11) is 3.99. The molecular formula is C17H24N4. The number of rotatable bonds is 6. The fourth-order valence-corrected chi connectivity index (χ4v) is 2.47. The second kappa shape index (κ2) is 7.07. The lowest BCUT2D eigenvalue weighted by molar-refractivity contribution is 0.844. The Bertz CT molecular complexity index is 578. The average molecular weight is 284 g/mol. The summed E-state index contributed by atoms with van der Waals surface area (Å²) >= 11 is 0. The van der Waals surface area contributed by atoms with Crippen LogP contribution in [0.2, 0.25) is 0 Å². The highest BCUT2D eigenvalue weighted by Crippen LogP contribution is 2.25. The summed E-state index contributed by atoms with van der Waals surface area (Å²) in [4.78, 5) is 11.0. The molecule has 2 aromatic rings. The highest BCUT2D eigenvalue weighted by molar-refractivity contribution is 5.58. The molecule has 0 aliphatic heterocycles. The van der Waals surface area contributed by atoms with Crippen LogP contribution in [0, 0.1) is 6.92 Å². The minimum Gasteiger partial charge on any atom is -0.373 e. The van der Waals surface area contributed by atoms with Crippen LogP contribution in [0.4, 0.5) is 11.6 Å². The summed E-state index contributed by atoms with van der Waals surface area (Å²) in [5, 5.41) is 3.17. The number of hydrogen-bond donors (Lipinski definition) is 1. The third-order valence-electron chi connectivity index (χ3n) is 3.56. The van der Waals surface area contributed by atoms with Crippen molar-refractivity contribution in [2.45, 2.75) is 33.2 Å². The lowest BCUT2D eigenvalue weighted by Gasteiger charge is -2.22. The lowest BCUT2D eigenvalue weighted by Crippen LogP contribution is -2.20. The van der Waals surface area contributed by atoms with Crippen LogP contribution in [0.1, 0.15) is 30.0 Å². The van der Waals surface area contributed by atoms with Crippen molar-refractivity contribution >= 4 is 11.6 Å². The molecule has 21 heavy (non-hydrogen) atoms. The van der Waals surface area contributed by atoms with Gasteiger partial charge in [0.2, 0.25) is 0 Å². The van der Waals surface area contributed by atoms with Crippen molar-refractivity contribution in [3.8, 4) is 0 Å². The summed E-state index contributed by atoms with van der Waals surface area (Å²) in [6.07, 6.45) is 3.68. The van der Waals surface area contributed by atoms with Gasteiger partial charge < -0.3 is 10.2 Å². The number of nitrogens with one attached hydrogen (secondary N) is 1. The van der Waals surface area contributed by atoms with Crippen LogP contribution in [-0.4, -0.2) is 24.1 Å². The maximum Gasteiger partial charge on any atom is 0.137 e. The SMILES string of the molecule is CCCc1c(NC)ncnc1N(C)Cc1ccc(C)cc1. The normalized spacial score (nSPS) is 10.5. The van der Waals surface area contributed by atoms with Crippen molar-refractivity contribution in [1.29, 1.82) is 0 Å². The molecule has 1 heterocycles. The number of nitrogens with zero attached hydrogens (tertiary/aromatic N) is 3. The standard InChI is InChI=1S/C17H24N4/c1-5-6-15-16(18-3)19-12-20-17(15)21(4)11-14-9-7-13(2)8-10-14/h7-10,12H,5-6,11H2,1-4H3,(H,18,19,20). The van der Waals surface area contributed by atoms with E-state index in [-0.39, 0.29) is 0 Å². The van der Waals surface area contributed by atoms with E-state index in [0.29, 0.717) is 0 Å². The molecule has 4 heteroatoms. The summed E-state index contributed by atoms with van der Waals surface area (Å²) < 4.78 is 0. The van der Waals surface area contributed by atoms with Gasteiger partial charge in [-0.15, -0.1) is 0 Å². The van der Waals surface area contributed by atoms with Gasteiger partial charge in [0.15, 0.2) is 0 Å². The fraction of sp³-hybridized carbons (Fsp3) is 0.412. The second-order valence-electron chi connectivity index (χ2n) is 5.37. The van der Waals surface area contributed by atoms with Crippen molar-refractivity contribution in [2.75, 3.05) is 24.3 Å². The summed E-state index contributed by atoms with van der Waals surface area (Å²) in [6, 6.07) is 8.64. The van der Waals surface area contributed by atoms with Crippen molar-refractivity contribution in [3.63, 3.8) is 0 Å². The van der Waals surface area contributed by atoms with Gasteiger partial charge in [0.25, 0.3) is 0 Å². The van der Waals surface area contributed by atoms with Crippen molar-refractivity contribution < 1.29 is 0 Å². The van der Waals surface area contributed by atoms with E-state index in [1.807, 2.05) is 7.05 Å². The van der Waals surface area contributed by atoms with E-state index in [1.54, 1.807) is 6.33 Å². The Morgan fingerprint density at radius 3 is 2.48 bits per heavy atom. The number of aromatic nitrogens is 2. The third-order valence-corrected chi connectivity index (χ3v) is 3.56. The van der Waals surface area contributed by atoms with Gasteiger partial charge in [0.05, 0.1) is 0 Å². The van der Waals surface area contributed by atoms with Gasteiger partial charge in [-0.25, -0.2) is 9.97 Å². The van der Waals surface area contributed by atoms with Crippen molar-refractivity contribution in [1.82, 2.24) is 9.97 Å². The molecule has 0 aliphatic rings. The summed E-state index contributed by atoms with van der Waals surface area (Å²) in [5.74, 6) is 1.94. The van der Waals surface area contributed by atoms with Gasteiger partial charge in [-0.05, 0) is 18.9 Å². The third kappa shape index (κ3) is 3.72. The molecule has 1 N–H and O–H groups in total. The number of hydrogen-bond acceptors (Lipinski definition) is 4. The first kappa shape index (κ1) is 15.3.